The molecule has 40 heavy (non-hydrogen) atoms. The highest BCUT2D eigenvalue weighted by Gasteiger charge is 2.45. The quantitative estimate of drug-likeness (QED) is 0.206. The van der Waals surface area contributed by atoms with E-state index in [1.165, 1.54) is 6.07 Å². The summed E-state index contributed by atoms with van der Waals surface area (Å²) in [5, 5.41) is 10.2. The number of para-hydroxylation sites is 1. The van der Waals surface area contributed by atoms with Crippen molar-refractivity contribution in [3.63, 3.8) is 0 Å². The lowest BCUT2D eigenvalue weighted by molar-refractivity contribution is 0.0425. The second kappa shape index (κ2) is 10.1. The summed E-state index contributed by atoms with van der Waals surface area (Å²) in [6.45, 7) is 6.89. The lowest BCUT2D eigenvalue weighted by atomic mass is 9.78. The van der Waals surface area contributed by atoms with Gasteiger partial charge in [0.2, 0.25) is 0 Å². The van der Waals surface area contributed by atoms with Crippen molar-refractivity contribution >= 4 is 44.3 Å². The van der Waals surface area contributed by atoms with Crippen LogP contribution in [-0.2, 0) is 5.41 Å². The third-order valence-electron chi connectivity index (χ3n) is 7.75. The highest BCUT2D eigenvalue weighted by Crippen LogP contribution is 2.37. The maximum absolute atomic E-state index is 14.6. The standard InChI is InChI=1S/C31H26BrClFN5O/c1-18-28(24-9-4-5-10-26(24)35-29(18)20-7-6-8-22(33)13-20)30(40)38-16-31(3,17-38)27-15-39(37-36-27)19(2)23-12-11-21(32)14-25(23)34/h4-15,19H,16-17H2,1-3H3/t19-/m1/s1. The van der Waals surface area contributed by atoms with E-state index in [9.17, 15) is 9.18 Å². The molecule has 1 fully saturated rings. The number of hydrogen-bond acceptors (Lipinski definition) is 4. The van der Waals surface area contributed by atoms with Gasteiger partial charge in [0, 0.05) is 50.7 Å². The topological polar surface area (TPSA) is 63.9 Å². The van der Waals surface area contributed by atoms with Crippen LogP contribution in [0.3, 0.4) is 0 Å². The fraction of sp³-hybridized carbons (Fsp3) is 0.226. The zero-order valence-electron chi connectivity index (χ0n) is 22.2. The molecule has 0 spiro atoms. The molecular formula is C31H26BrClFN5O. The van der Waals surface area contributed by atoms with E-state index in [1.54, 1.807) is 10.7 Å². The minimum atomic E-state index is -0.363. The minimum Gasteiger partial charge on any atom is -0.337 e. The van der Waals surface area contributed by atoms with E-state index in [4.69, 9.17) is 16.6 Å². The molecule has 1 aliphatic heterocycles. The van der Waals surface area contributed by atoms with Gasteiger partial charge in [0.15, 0.2) is 0 Å². The number of carbonyl (C=O) groups excluding carboxylic acids is 1. The van der Waals surface area contributed by atoms with E-state index in [0.29, 0.717) is 33.7 Å². The first-order valence-corrected chi connectivity index (χ1v) is 14.1. The summed E-state index contributed by atoms with van der Waals surface area (Å²) in [5.74, 6) is -0.350. The van der Waals surface area contributed by atoms with E-state index in [0.717, 1.165) is 33.4 Å². The molecule has 0 N–H and O–H groups in total. The molecule has 3 heterocycles. The Morgan fingerprint density at radius 3 is 2.62 bits per heavy atom. The Morgan fingerprint density at radius 2 is 1.88 bits per heavy atom. The van der Waals surface area contributed by atoms with Crippen molar-refractivity contribution < 1.29 is 9.18 Å². The summed E-state index contributed by atoms with van der Waals surface area (Å²) in [4.78, 5) is 20.7. The number of benzene rings is 3. The number of pyridine rings is 1. The third-order valence-corrected chi connectivity index (χ3v) is 8.48. The Morgan fingerprint density at radius 1 is 1.10 bits per heavy atom. The van der Waals surface area contributed by atoms with Crippen LogP contribution in [0.15, 0.2) is 77.4 Å². The van der Waals surface area contributed by atoms with Gasteiger partial charge in [0.05, 0.1) is 28.5 Å². The number of carbonyl (C=O) groups is 1. The van der Waals surface area contributed by atoms with Gasteiger partial charge in [0.25, 0.3) is 5.91 Å². The molecule has 202 valence electrons. The van der Waals surface area contributed by atoms with Crippen molar-refractivity contribution in [2.75, 3.05) is 13.1 Å². The van der Waals surface area contributed by atoms with Gasteiger partial charge in [-0.05, 0) is 49.7 Å². The number of aromatic nitrogens is 4. The first-order chi connectivity index (χ1) is 19.1. The molecule has 3 aromatic carbocycles. The Labute approximate surface area is 244 Å². The number of halogens is 3. The van der Waals surface area contributed by atoms with Crippen LogP contribution >= 0.6 is 27.5 Å². The van der Waals surface area contributed by atoms with Gasteiger partial charge < -0.3 is 4.90 Å². The highest BCUT2D eigenvalue weighted by atomic mass is 79.9. The van der Waals surface area contributed by atoms with Gasteiger partial charge in [-0.25, -0.2) is 14.1 Å². The van der Waals surface area contributed by atoms with Crippen molar-refractivity contribution in [1.82, 2.24) is 24.9 Å². The third kappa shape index (κ3) is 4.59. The molecule has 6 rings (SSSR count). The number of likely N-dealkylation sites (tertiary alicyclic amines) is 1. The Hall–Kier alpha value is -3.62. The SMILES string of the molecule is Cc1c(-c2cccc(Cl)c2)nc2ccccc2c1C(=O)N1CC(C)(c2cn([C@H](C)c3ccc(Br)cc3F)nn2)C1. The van der Waals surface area contributed by atoms with E-state index in [-0.39, 0.29) is 23.2 Å². The normalized spacial score (nSPS) is 15.2. The van der Waals surface area contributed by atoms with Crippen LogP contribution < -0.4 is 0 Å². The number of hydrogen-bond donors (Lipinski definition) is 0. The van der Waals surface area contributed by atoms with Crippen molar-refractivity contribution in [3.05, 3.63) is 111 Å². The Bertz CT molecular complexity index is 1780. The summed E-state index contributed by atoms with van der Waals surface area (Å²) in [6, 6.07) is 19.9. The molecule has 5 aromatic rings. The number of rotatable bonds is 5. The van der Waals surface area contributed by atoms with Crippen molar-refractivity contribution in [3.8, 4) is 11.3 Å². The highest BCUT2D eigenvalue weighted by molar-refractivity contribution is 9.10. The molecule has 1 atom stereocenters. The lowest BCUT2D eigenvalue weighted by Gasteiger charge is -2.47. The molecule has 0 bridgehead atoms. The van der Waals surface area contributed by atoms with Gasteiger partial charge in [-0.1, -0.05) is 76.1 Å². The largest absolute Gasteiger partial charge is 0.337 e. The van der Waals surface area contributed by atoms with Crippen LogP contribution in [0.1, 0.15) is 47.1 Å². The molecule has 1 amide bonds. The summed E-state index contributed by atoms with van der Waals surface area (Å²) >= 11 is 9.58. The summed E-state index contributed by atoms with van der Waals surface area (Å²) < 4.78 is 16.9. The van der Waals surface area contributed by atoms with E-state index < -0.39 is 0 Å². The molecule has 1 saturated heterocycles. The minimum absolute atomic E-state index is 0.0467. The fourth-order valence-electron chi connectivity index (χ4n) is 5.48. The molecule has 9 heteroatoms. The van der Waals surface area contributed by atoms with Crippen molar-refractivity contribution in [2.45, 2.75) is 32.2 Å². The Balaban J connectivity index is 1.28. The first-order valence-electron chi connectivity index (χ1n) is 13.0. The number of amides is 1. The second-order valence-electron chi connectivity index (χ2n) is 10.6. The molecule has 2 aromatic heterocycles. The van der Waals surface area contributed by atoms with Gasteiger partial charge in [-0.15, -0.1) is 5.10 Å². The molecule has 0 unspecified atom stereocenters. The molecule has 1 aliphatic rings. The maximum atomic E-state index is 14.6. The summed E-state index contributed by atoms with van der Waals surface area (Å²) in [5.41, 5.74) is 4.77. The predicted molar refractivity (Wildman–Crippen MR) is 158 cm³/mol. The summed E-state index contributed by atoms with van der Waals surface area (Å²) in [6.07, 6.45) is 1.86. The predicted octanol–water partition coefficient (Wildman–Crippen LogP) is 7.38. The molecule has 0 saturated carbocycles. The molecule has 0 aliphatic carbocycles. The van der Waals surface area contributed by atoms with Crippen LogP contribution in [0.5, 0.6) is 0 Å². The smallest absolute Gasteiger partial charge is 0.254 e. The van der Waals surface area contributed by atoms with Crippen LogP contribution in [0.25, 0.3) is 22.2 Å². The Kier molecular flexibility index (Phi) is 6.71. The van der Waals surface area contributed by atoms with Gasteiger partial charge in [-0.2, -0.15) is 0 Å². The van der Waals surface area contributed by atoms with Crippen molar-refractivity contribution in [1.29, 1.82) is 0 Å². The van der Waals surface area contributed by atoms with Gasteiger partial charge in [0.1, 0.15) is 5.82 Å². The summed E-state index contributed by atoms with van der Waals surface area (Å²) in [7, 11) is 0. The second-order valence-corrected chi connectivity index (χ2v) is 12.0. The monoisotopic (exact) mass is 617 g/mol. The average molecular weight is 619 g/mol. The first kappa shape index (κ1) is 26.6. The number of fused-ring (bicyclic) bond motifs is 1. The molecule has 6 nitrogen and oxygen atoms in total. The molecule has 0 radical (unpaired) electrons. The van der Waals surface area contributed by atoms with Crippen molar-refractivity contribution in [2.24, 2.45) is 0 Å². The maximum Gasteiger partial charge on any atom is 0.254 e. The van der Waals surface area contributed by atoms with E-state index in [1.807, 2.05) is 79.5 Å². The van der Waals surface area contributed by atoms with E-state index in [2.05, 4.69) is 33.2 Å². The lowest BCUT2D eigenvalue weighted by Crippen LogP contribution is -2.60. The van der Waals surface area contributed by atoms with Crippen LogP contribution in [0, 0.1) is 12.7 Å². The molecular weight excluding hydrogens is 593 g/mol. The zero-order chi connectivity index (χ0) is 28.2. The average Bonchev–Trinajstić information content (AvgIpc) is 3.41. The van der Waals surface area contributed by atoms with Crippen LogP contribution in [0.2, 0.25) is 5.02 Å². The fourth-order valence-corrected chi connectivity index (χ4v) is 6.01. The van der Waals surface area contributed by atoms with Crippen LogP contribution in [-0.4, -0.2) is 43.9 Å². The van der Waals surface area contributed by atoms with Crippen LogP contribution in [0.4, 0.5) is 4.39 Å². The van der Waals surface area contributed by atoms with E-state index >= 15 is 0 Å². The van der Waals surface area contributed by atoms with Gasteiger partial charge in [-0.3, -0.25) is 4.79 Å². The van der Waals surface area contributed by atoms with Gasteiger partial charge >= 0.3 is 0 Å². The number of nitrogens with zero attached hydrogens (tertiary/aromatic N) is 5. The zero-order valence-corrected chi connectivity index (χ0v) is 24.5.